The third kappa shape index (κ3) is 3.69. The lowest BCUT2D eigenvalue weighted by atomic mass is 10.1. The molecule has 3 aromatic rings. The Morgan fingerprint density at radius 2 is 1.82 bits per heavy atom. The fourth-order valence-electron chi connectivity index (χ4n) is 3.23. The van der Waals surface area contributed by atoms with Crippen LogP contribution in [-0.4, -0.2) is 53.5 Å². The van der Waals surface area contributed by atoms with Crippen LogP contribution < -0.4 is 16.0 Å². The number of nitrogens with zero attached hydrogens (tertiary/aromatic N) is 4. The first-order valence-corrected chi connectivity index (χ1v) is 9.29. The molecule has 2 aromatic heterocycles. The summed E-state index contributed by atoms with van der Waals surface area (Å²) in [6.07, 6.45) is 0.190. The number of aromatic nitrogens is 3. The molecule has 28 heavy (non-hydrogen) atoms. The third-order valence-electron chi connectivity index (χ3n) is 4.71. The van der Waals surface area contributed by atoms with Gasteiger partial charge in [0.25, 0.3) is 0 Å². The fourth-order valence-corrected chi connectivity index (χ4v) is 3.23. The number of benzene rings is 1. The molecule has 1 fully saturated rings. The summed E-state index contributed by atoms with van der Waals surface area (Å²) in [6.45, 7) is 3.48. The summed E-state index contributed by atoms with van der Waals surface area (Å²) in [7, 11) is 0. The molecule has 3 N–H and O–H groups in total. The van der Waals surface area contributed by atoms with Crippen LogP contribution in [0.2, 0.25) is 0 Å². The fraction of sp³-hybridized carbons (Fsp3) is 0.300. The van der Waals surface area contributed by atoms with Gasteiger partial charge < -0.3 is 16.0 Å². The van der Waals surface area contributed by atoms with Crippen LogP contribution in [0, 0.1) is 5.82 Å². The zero-order valence-electron chi connectivity index (χ0n) is 15.4. The van der Waals surface area contributed by atoms with Gasteiger partial charge in [-0.2, -0.15) is 0 Å². The quantitative estimate of drug-likeness (QED) is 0.651. The van der Waals surface area contributed by atoms with Crippen molar-refractivity contribution in [2.45, 2.75) is 6.42 Å². The minimum atomic E-state index is -0.313. The van der Waals surface area contributed by atoms with E-state index in [2.05, 4.69) is 25.2 Å². The monoisotopic (exact) mass is 380 g/mol. The molecular formula is C20H21FN6O. The predicted molar refractivity (Wildman–Crippen MR) is 106 cm³/mol. The number of hydrogen-bond donors (Lipinski definition) is 2. The van der Waals surface area contributed by atoms with Crippen LogP contribution >= 0.6 is 0 Å². The Kier molecular flexibility index (Phi) is 5.23. The normalized spacial score (nSPS) is 14.4. The molecule has 1 saturated heterocycles. The number of pyridine rings is 1. The molecule has 3 heterocycles. The van der Waals surface area contributed by atoms with Gasteiger partial charge in [-0.05, 0) is 42.9 Å². The number of piperazine rings is 1. The molecule has 0 aliphatic carbocycles. The van der Waals surface area contributed by atoms with Crippen molar-refractivity contribution in [1.29, 1.82) is 0 Å². The molecule has 4 rings (SSSR count). The molecule has 1 aliphatic rings. The average molecular weight is 380 g/mol. The van der Waals surface area contributed by atoms with Crippen LogP contribution in [-0.2, 0) is 0 Å². The van der Waals surface area contributed by atoms with E-state index in [9.17, 15) is 9.18 Å². The molecule has 0 unspecified atom stereocenters. The molecule has 8 heteroatoms. The van der Waals surface area contributed by atoms with Crippen molar-refractivity contribution in [3.05, 3.63) is 47.9 Å². The van der Waals surface area contributed by atoms with Crippen LogP contribution in [0.25, 0.3) is 22.3 Å². The minimum absolute atomic E-state index is 0.157. The summed E-state index contributed by atoms with van der Waals surface area (Å²) >= 11 is 0. The summed E-state index contributed by atoms with van der Waals surface area (Å²) in [5, 5.41) is 3.29. The van der Waals surface area contributed by atoms with Crippen molar-refractivity contribution in [3.63, 3.8) is 0 Å². The summed E-state index contributed by atoms with van der Waals surface area (Å²) in [4.78, 5) is 28.6. The van der Waals surface area contributed by atoms with Crippen molar-refractivity contribution in [1.82, 2.24) is 20.3 Å². The Morgan fingerprint density at radius 3 is 2.54 bits per heavy atom. The largest absolute Gasteiger partial charge is 0.338 e. The summed E-state index contributed by atoms with van der Waals surface area (Å²) in [6, 6.07) is 9.72. The van der Waals surface area contributed by atoms with Crippen molar-refractivity contribution >= 4 is 22.8 Å². The number of ketones is 1. The summed E-state index contributed by atoms with van der Waals surface area (Å²) in [5.74, 6) is 0.0630. The predicted octanol–water partition coefficient (Wildman–Crippen LogP) is 1.77. The maximum Gasteiger partial charge on any atom is 0.226 e. The number of nitrogens with one attached hydrogen (secondary N) is 1. The SMILES string of the molecule is NCCC(=O)c1nc(N2CCNCC2)nc2ccc(-c3ccc(F)cc3)nc12. The number of nitrogens with two attached hydrogens (primary N) is 1. The standard InChI is InChI=1S/C20H21FN6O/c21-14-3-1-13(2-4-14)15-5-6-16-18(24-15)19(17(28)7-8-22)26-20(25-16)27-11-9-23-10-12-27/h1-6,23H,7-12,22H2. The Hall–Kier alpha value is -2.97. The van der Waals surface area contributed by atoms with Crippen molar-refractivity contribution in [3.8, 4) is 11.3 Å². The van der Waals surface area contributed by atoms with Gasteiger partial charge in [0.05, 0.1) is 11.2 Å². The zero-order valence-corrected chi connectivity index (χ0v) is 15.4. The highest BCUT2D eigenvalue weighted by Crippen LogP contribution is 2.24. The van der Waals surface area contributed by atoms with Gasteiger partial charge in [-0.15, -0.1) is 0 Å². The second-order valence-corrected chi connectivity index (χ2v) is 6.64. The Balaban J connectivity index is 1.83. The van der Waals surface area contributed by atoms with E-state index >= 15 is 0 Å². The highest BCUT2D eigenvalue weighted by atomic mass is 19.1. The molecule has 1 aromatic carbocycles. The van der Waals surface area contributed by atoms with Crippen molar-refractivity contribution in [2.75, 3.05) is 37.6 Å². The maximum absolute atomic E-state index is 13.2. The van der Waals surface area contributed by atoms with Gasteiger partial charge in [0, 0.05) is 38.2 Å². The first-order valence-electron chi connectivity index (χ1n) is 9.29. The van der Waals surface area contributed by atoms with Crippen molar-refractivity contribution < 1.29 is 9.18 Å². The Bertz CT molecular complexity index is 1000. The lowest BCUT2D eigenvalue weighted by Crippen LogP contribution is -2.44. The van der Waals surface area contributed by atoms with E-state index in [1.165, 1.54) is 12.1 Å². The van der Waals surface area contributed by atoms with Crippen LogP contribution in [0.15, 0.2) is 36.4 Å². The second kappa shape index (κ2) is 7.95. The van der Waals surface area contributed by atoms with Crippen molar-refractivity contribution in [2.24, 2.45) is 5.73 Å². The van der Waals surface area contributed by atoms with Gasteiger partial charge in [0.15, 0.2) is 5.78 Å². The number of anilines is 1. The van der Waals surface area contributed by atoms with Crippen LogP contribution in [0.3, 0.4) is 0 Å². The molecule has 144 valence electrons. The van der Waals surface area contributed by atoms with Crippen LogP contribution in [0.5, 0.6) is 0 Å². The third-order valence-corrected chi connectivity index (χ3v) is 4.71. The van der Waals surface area contributed by atoms with Gasteiger partial charge in [-0.25, -0.2) is 19.3 Å². The zero-order chi connectivity index (χ0) is 19.5. The number of carbonyl (C=O) groups excluding carboxylic acids is 1. The summed E-state index contributed by atoms with van der Waals surface area (Å²) < 4.78 is 13.2. The maximum atomic E-state index is 13.2. The molecule has 0 spiro atoms. The first-order chi connectivity index (χ1) is 13.7. The molecule has 0 atom stereocenters. The van der Waals surface area contributed by atoms with Gasteiger partial charge in [-0.1, -0.05) is 0 Å². The van der Waals surface area contributed by atoms with Gasteiger partial charge in [0.2, 0.25) is 5.95 Å². The van der Waals surface area contributed by atoms with Gasteiger partial charge >= 0.3 is 0 Å². The first kappa shape index (κ1) is 18.4. The second-order valence-electron chi connectivity index (χ2n) is 6.64. The molecule has 7 nitrogen and oxygen atoms in total. The smallest absolute Gasteiger partial charge is 0.226 e. The number of halogens is 1. The highest BCUT2D eigenvalue weighted by molar-refractivity contribution is 6.04. The van der Waals surface area contributed by atoms with Gasteiger partial charge in [0.1, 0.15) is 17.0 Å². The van der Waals surface area contributed by atoms with E-state index in [4.69, 9.17) is 5.73 Å². The van der Waals surface area contributed by atoms with E-state index in [1.54, 1.807) is 12.1 Å². The minimum Gasteiger partial charge on any atom is -0.338 e. The van der Waals surface area contributed by atoms with Crippen LogP contribution in [0.4, 0.5) is 10.3 Å². The van der Waals surface area contributed by atoms with Gasteiger partial charge in [-0.3, -0.25) is 4.79 Å². The number of hydrogen-bond acceptors (Lipinski definition) is 7. The molecular weight excluding hydrogens is 359 g/mol. The van der Waals surface area contributed by atoms with E-state index in [0.29, 0.717) is 22.7 Å². The Morgan fingerprint density at radius 1 is 1.07 bits per heavy atom. The topological polar surface area (TPSA) is 97.0 Å². The molecule has 0 amide bonds. The van der Waals surface area contributed by atoms with E-state index in [-0.39, 0.29) is 30.3 Å². The number of Topliss-reactive ketones (excluding diaryl/α,β-unsaturated/α-hetero) is 1. The summed E-state index contributed by atoms with van der Waals surface area (Å²) in [5.41, 5.74) is 8.31. The van der Waals surface area contributed by atoms with E-state index < -0.39 is 0 Å². The number of rotatable bonds is 5. The molecule has 1 aliphatic heterocycles. The Labute approximate surface area is 161 Å². The average Bonchev–Trinajstić information content (AvgIpc) is 2.74. The molecule has 0 radical (unpaired) electrons. The molecule has 0 bridgehead atoms. The highest BCUT2D eigenvalue weighted by Gasteiger charge is 2.20. The van der Waals surface area contributed by atoms with E-state index in [1.807, 2.05) is 12.1 Å². The number of carbonyl (C=O) groups is 1. The lowest BCUT2D eigenvalue weighted by Gasteiger charge is -2.27. The molecule has 0 saturated carbocycles. The van der Waals surface area contributed by atoms with Crippen LogP contribution in [0.1, 0.15) is 16.9 Å². The van der Waals surface area contributed by atoms with E-state index in [0.717, 1.165) is 31.7 Å². The lowest BCUT2D eigenvalue weighted by molar-refractivity contribution is 0.0982. The number of fused-ring (bicyclic) bond motifs is 1.